The molecular weight excluding hydrogens is 472 g/mol. The third-order valence-electron chi connectivity index (χ3n) is 7.19. The highest BCUT2D eigenvalue weighted by molar-refractivity contribution is 5.98. The minimum absolute atomic E-state index is 0.0780. The van der Waals surface area contributed by atoms with Gasteiger partial charge in [-0.05, 0) is 56.3 Å². The van der Waals surface area contributed by atoms with E-state index < -0.39 is 24.3 Å². The summed E-state index contributed by atoms with van der Waals surface area (Å²) in [7, 11) is 0. The van der Waals surface area contributed by atoms with Gasteiger partial charge in [-0.1, -0.05) is 36.4 Å². The van der Waals surface area contributed by atoms with Crippen LogP contribution in [0.1, 0.15) is 46.9 Å². The molecule has 1 fully saturated rings. The molecule has 0 spiro atoms. The molecular formula is C28H36N4O5. The summed E-state index contributed by atoms with van der Waals surface area (Å²) in [5.74, 6) is -1.07. The van der Waals surface area contributed by atoms with Gasteiger partial charge in [-0.2, -0.15) is 0 Å². The van der Waals surface area contributed by atoms with Crippen molar-refractivity contribution in [3.8, 4) is 0 Å². The number of aromatic nitrogens is 1. The molecule has 0 bridgehead atoms. The maximum atomic E-state index is 13.8. The normalized spacial score (nSPS) is 21.1. The summed E-state index contributed by atoms with van der Waals surface area (Å²) in [4.78, 5) is 44.0. The summed E-state index contributed by atoms with van der Waals surface area (Å²) in [6.45, 7) is 5.07. The quantitative estimate of drug-likeness (QED) is 0.287. The molecule has 37 heavy (non-hydrogen) atoms. The molecule has 0 radical (unpaired) electrons. The summed E-state index contributed by atoms with van der Waals surface area (Å²) in [5, 5.41) is 16.3. The second-order valence-corrected chi connectivity index (χ2v) is 9.69. The predicted molar refractivity (Wildman–Crippen MR) is 139 cm³/mol. The third-order valence-corrected chi connectivity index (χ3v) is 7.19. The van der Waals surface area contributed by atoms with Crippen LogP contribution in [0.4, 0.5) is 0 Å². The number of H-pyrrole nitrogens is 1. The number of aliphatic hydroxyl groups excluding tert-OH is 1. The van der Waals surface area contributed by atoms with Gasteiger partial charge >= 0.3 is 5.97 Å². The van der Waals surface area contributed by atoms with Crippen molar-refractivity contribution >= 4 is 17.8 Å². The Bertz CT molecular complexity index is 1130. The molecule has 0 saturated carbocycles. The number of esters is 1. The standard InChI is InChI=1S/C28H36N4O5/c1-3-37-24(33)10-9-21(16-20-11-13-29-26(20)34)31-27(35)23(15-19-7-5-4-6-8-19)32-14-12-22-18(2)17-30-25(22)28(32)36/h4-10,17,20-21,23,26,29-30,34H,3,11-16H2,1-2H3,(H,31,35)/b10-9+/t20-,21?,23-,26?/m0/s1. The van der Waals surface area contributed by atoms with Crippen LogP contribution in [0.25, 0.3) is 0 Å². The highest BCUT2D eigenvalue weighted by Crippen LogP contribution is 2.25. The molecule has 9 nitrogen and oxygen atoms in total. The number of fused-ring (bicyclic) bond motifs is 1. The number of carbonyl (C=O) groups excluding carboxylic acids is 3. The maximum absolute atomic E-state index is 13.8. The largest absolute Gasteiger partial charge is 0.463 e. The van der Waals surface area contributed by atoms with Gasteiger partial charge in [0, 0.05) is 37.2 Å². The van der Waals surface area contributed by atoms with Crippen LogP contribution in [0.15, 0.2) is 48.7 Å². The Morgan fingerprint density at radius 1 is 1.30 bits per heavy atom. The second kappa shape index (κ2) is 12.2. The molecule has 2 aliphatic rings. The number of ether oxygens (including phenoxy) is 1. The van der Waals surface area contributed by atoms with E-state index in [2.05, 4.69) is 15.6 Å². The lowest BCUT2D eigenvalue weighted by molar-refractivity contribution is -0.137. The van der Waals surface area contributed by atoms with Gasteiger partial charge in [-0.15, -0.1) is 0 Å². The number of hydrogen-bond donors (Lipinski definition) is 4. The third kappa shape index (κ3) is 6.47. The number of amides is 2. The van der Waals surface area contributed by atoms with Crippen LogP contribution in [-0.2, 0) is 27.2 Å². The summed E-state index contributed by atoms with van der Waals surface area (Å²) in [5.41, 5.74) is 3.52. The van der Waals surface area contributed by atoms with Crippen molar-refractivity contribution < 1.29 is 24.2 Å². The SMILES string of the molecule is CCOC(=O)/C=C/C(C[C@@H]1CCNC1O)NC(=O)[C@H](Cc1ccccc1)N1CCc2c(C)c[nH]c2C1=O. The second-order valence-electron chi connectivity index (χ2n) is 9.69. The van der Waals surface area contributed by atoms with Gasteiger partial charge in [-0.25, -0.2) is 4.79 Å². The smallest absolute Gasteiger partial charge is 0.330 e. The lowest BCUT2D eigenvalue weighted by Crippen LogP contribution is -2.54. The van der Waals surface area contributed by atoms with Crippen molar-refractivity contribution in [2.24, 2.45) is 5.92 Å². The number of nitrogens with one attached hydrogen (secondary N) is 3. The van der Waals surface area contributed by atoms with Crippen molar-refractivity contribution in [1.82, 2.24) is 20.5 Å². The zero-order chi connectivity index (χ0) is 26.4. The fraction of sp³-hybridized carbons (Fsp3) is 0.464. The zero-order valence-electron chi connectivity index (χ0n) is 21.4. The number of rotatable bonds is 10. The van der Waals surface area contributed by atoms with Gasteiger partial charge in [-0.3, -0.25) is 14.9 Å². The summed E-state index contributed by atoms with van der Waals surface area (Å²) >= 11 is 0. The molecule has 9 heteroatoms. The molecule has 1 aromatic carbocycles. The average Bonchev–Trinajstić information content (AvgIpc) is 3.47. The van der Waals surface area contributed by atoms with Crippen molar-refractivity contribution in [2.75, 3.05) is 19.7 Å². The lowest BCUT2D eigenvalue weighted by atomic mass is 9.95. The van der Waals surface area contributed by atoms with Gasteiger partial charge < -0.3 is 25.0 Å². The fourth-order valence-corrected chi connectivity index (χ4v) is 5.19. The van der Waals surface area contributed by atoms with Crippen LogP contribution in [0.5, 0.6) is 0 Å². The van der Waals surface area contributed by atoms with E-state index in [1.165, 1.54) is 6.08 Å². The van der Waals surface area contributed by atoms with Crippen molar-refractivity contribution in [3.05, 3.63) is 71.1 Å². The first-order valence-electron chi connectivity index (χ1n) is 13.0. The number of aryl methyl sites for hydroxylation is 1. The van der Waals surface area contributed by atoms with Crippen molar-refractivity contribution in [2.45, 2.75) is 57.8 Å². The number of aliphatic hydroxyl groups is 1. The Kier molecular flexibility index (Phi) is 8.78. The lowest BCUT2D eigenvalue weighted by Gasteiger charge is -2.35. The van der Waals surface area contributed by atoms with Crippen molar-refractivity contribution in [1.29, 1.82) is 0 Å². The number of carbonyl (C=O) groups is 3. The van der Waals surface area contributed by atoms with Crippen LogP contribution in [0.2, 0.25) is 0 Å². The molecule has 1 aromatic heterocycles. The number of nitrogens with zero attached hydrogens (tertiary/aromatic N) is 1. The summed E-state index contributed by atoms with van der Waals surface area (Å²) in [6.07, 6.45) is 6.32. The molecule has 2 aliphatic heterocycles. The first-order chi connectivity index (χ1) is 17.9. The molecule has 3 heterocycles. The molecule has 0 aliphatic carbocycles. The minimum atomic E-state index is -0.739. The van der Waals surface area contributed by atoms with Crippen LogP contribution < -0.4 is 10.6 Å². The highest BCUT2D eigenvalue weighted by Gasteiger charge is 2.36. The number of hydrogen-bond acceptors (Lipinski definition) is 6. The van der Waals surface area contributed by atoms with Crippen LogP contribution >= 0.6 is 0 Å². The minimum Gasteiger partial charge on any atom is -0.463 e. The van der Waals surface area contributed by atoms with Gasteiger partial charge in [0.25, 0.3) is 5.91 Å². The van der Waals surface area contributed by atoms with E-state index in [1.807, 2.05) is 43.5 Å². The average molecular weight is 509 g/mol. The number of benzene rings is 1. The Balaban J connectivity index is 1.57. The van der Waals surface area contributed by atoms with Gasteiger partial charge in [0.1, 0.15) is 18.0 Å². The molecule has 1 saturated heterocycles. The maximum Gasteiger partial charge on any atom is 0.330 e. The van der Waals surface area contributed by atoms with E-state index >= 15 is 0 Å². The first kappa shape index (κ1) is 26.6. The van der Waals surface area contributed by atoms with Crippen molar-refractivity contribution in [3.63, 3.8) is 0 Å². The van der Waals surface area contributed by atoms with Gasteiger partial charge in [0.2, 0.25) is 5.91 Å². The molecule has 2 amide bonds. The highest BCUT2D eigenvalue weighted by atomic mass is 16.5. The Morgan fingerprint density at radius 3 is 2.78 bits per heavy atom. The van der Waals surface area contributed by atoms with E-state index in [0.29, 0.717) is 38.0 Å². The molecule has 198 valence electrons. The van der Waals surface area contributed by atoms with Crippen LogP contribution in [-0.4, -0.2) is 70.8 Å². The Hall–Kier alpha value is -3.43. The zero-order valence-corrected chi connectivity index (χ0v) is 21.4. The Morgan fingerprint density at radius 2 is 2.08 bits per heavy atom. The number of aromatic amines is 1. The first-order valence-corrected chi connectivity index (χ1v) is 13.0. The summed E-state index contributed by atoms with van der Waals surface area (Å²) < 4.78 is 5.00. The summed E-state index contributed by atoms with van der Waals surface area (Å²) in [6, 6.07) is 8.36. The fourth-order valence-electron chi connectivity index (χ4n) is 5.19. The van der Waals surface area contributed by atoms with Gasteiger partial charge in [0.15, 0.2) is 0 Å². The monoisotopic (exact) mass is 508 g/mol. The molecule has 2 unspecified atom stereocenters. The Labute approximate surface area is 217 Å². The predicted octanol–water partition coefficient (Wildman–Crippen LogP) is 1.85. The molecule has 4 rings (SSSR count). The van der Waals surface area contributed by atoms with Gasteiger partial charge in [0.05, 0.1) is 6.61 Å². The van der Waals surface area contributed by atoms with Crippen LogP contribution in [0, 0.1) is 12.8 Å². The van der Waals surface area contributed by atoms with Crippen LogP contribution in [0.3, 0.4) is 0 Å². The van der Waals surface area contributed by atoms with E-state index in [0.717, 1.165) is 23.1 Å². The molecule has 4 atom stereocenters. The molecule has 2 aromatic rings. The van der Waals surface area contributed by atoms with E-state index in [-0.39, 0.29) is 24.3 Å². The topological polar surface area (TPSA) is 124 Å². The van der Waals surface area contributed by atoms with E-state index in [1.54, 1.807) is 17.9 Å². The van der Waals surface area contributed by atoms with E-state index in [9.17, 15) is 19.5 Å². The molecule has 4 N–H and O–H groups in total. The van der Waals surface area contributed by atoms with E-state index in [4.69, 9.17) is 4.74 Å².